The predicted octanol–water partition coefficient (Wildman–Crippen LogP) is 23.6. The minimum absolute atomic E-state index is 0.0819. The van der Waals surface area contributed by atoms with E-state index in [0.717, 1.165) is 180 Å². The Bertz CT molecular complexity index is 2310. The number of unbranched alkanes of at least 4 members (excludes halogenated alkanes) is 34. The molecule has 5 atom stereocenters. The van der Waals surface area contributed by atoms with E-state index in [2.05, 4.69) is 125 Å². The Hall–Kier alpha value is -4.02. The van der Waals surface area contributed by atoms with Crippen LogP contribution in [0.4, 0.5) is 0 Å². The molecule has 0 bridgehead atoms. The molecular formula is C83H146O17P2. The van der Waals surface area contributed by atoms with Crippen molar-refractivity contribution >= 4 is 39.5 Å². The fourth-order valence-electron chi connectivity index (χ4n) is 10.9. The minimum Gasteiger partial charge on any atom is -0.462 e. The number of esters is 4. The predicted molar refractivity (Wildman–Crippen MR) is 418 cm³/mol. The van der Waals surface area contributed by atoms with Gasteiger partial charge in [0.1, 0.15) is 19.3 Å². The maximum absolute atomic E-state index is 13.1. The second kappa shape index (κ2) is 75.2. The standard InChI is InChI=1S/C83H146O17P2/c1-5-9-13-17-21-25-29-33-36-37-38-39-42-45-48-52-56-60-64-68-81(86)94-73-78(99-82(87)69-65-61-57-53-49-43-32-28-24-20-16-12-8-4)75-97-101(89,90)95-71-77(84)72-96-102(91,92)98-76-79(100-83(88)70-66-62-58-54-50-46-41-35-31-27-23-19-15-11-7-3)74-93-80(85)67-63-59-55-51-47-44-40-34-30-26-22-18-14-10-6-2/h9-10,13-14,21-22,25-26,28,32-34,36,38-40,77-79,84H,5-8,11-12,15-20,23-24,27,29-31,35,37,41-76H2,1-4H3,(H,89,90)(H,91,92)/b13-9-,14-10-,25-21-,26-22-,32-28-,36-33-,39-38-,40-34-. The number of allylic oxidation sites excluding steroid dienone is 16. The molecule has 590 valence electrons. The number of carbonyl (C=O) groups excluding carboxylic acids is 4. The summed E-state index contributed by atoms with van der Waals surface area (Å²) in [6, 6.07) is 0. The zero-order chi connectivity index (χ0) is 74.6. The molecule has 0 saturated heterocycles. The average Bonchev–Trinajstić information content (AvgIpc) is 0.908. The van der Waals surface area contributed by atoms with E-state index in [0.29, 0.717) is 25.7 Å². The van der Waals surface area contributed by atoms with Crippen LogP contribution in [-0.2, 0) is 65.4 Å². The average molecular weight is 1480 g/mol. The largest absolute Gasteiger partial charge is 0.472 e. The highest BCUT2D eigenvalue weighted by Crippen LogP contribution is 2.45. The minimum atomic E-state index is -4.98. The topological polar surface area (TPSA) is 237 Å². The molecule has 17 nitrogen and oxygen atoms in total. The van der Waals surface area contributed by atoms with E-state index < -0.39 is 97.5 Å². The molecule has 0 aliphatic carbocycles. The number of aliphatic hydroxyl groups is 1. The highest BCUT2D eigenvalue weighted by molar-refractivity contribution is 7.47. The molecule has 5 unspecified atom stereocenters. The van der Waals surface area contributed by atoms with Gasteiger partial charge in [0.25, 0.3) is 0 Å². The highest BCUT2D eigenvalue weighted by atomic mass is 31.2. The summed E-state index contributed by atoms with van der Waals surface area (Å²) in [5.41, 5.74) is 0. The maximum atomic E-state index is 13.1. The molecule has 0 aromatic carbocycles. The van der Waals surface area contributed by atoms with Crippen molar-refractivity contribution in [1.29, 1.82) is 0 Å². The normalized spacial score (nSPS) is 14.4. The molecule has 102 heavy (non-hydrogen) atoms. The molecule has 3 N–H and O–H groups in total. The Kier molecular flexibility index (Phi) is 72.3. The Balaban J connectivity index is 5.34. The fourth-order valence-corrected chi connectivity index (χ4v) is 12.5. The summed E-state index contributed by atoms with van der Waals surface area (Å²) < 4.78 is 68.6. The van der Waals surface area contributed by atoms with Crippen LogP contribution in [0.3, 0.4) is 0 Å². The molecule has 0 aromatic rings. The summed E-state index contributed by atoms with van der Waals surface area (Å²) in [6.07, 6.45) is 79.5. The molecule has 0 spiro atoms. The lowest BCUT2D eigenvalue weighted by Gasteiger charge is -2.21. The van der Waals surface area contributed by atoms with E-state index in [9.17, 15) is 43.2 Å². The first-order chi connectivity index (χ1) is 49.7. The van der Waals surface area contributed by atoms with Crippen LogP contribution < -0.4 is 0 Å². The van der Waals surface area contributed by atoms with Crippen molar-refractivity contribution in [3.63, 3.8) is 0 Å². The van der Waals surface area contributed by atoms with Crippen LogP contribution in [0.5, 0.6) is 0 Å². The number of hydrogen-bond donors (Lipinski definition) is 3. The first-order valence-corrected chi connectivity index (χ1v) is 43.5. The molecule has 0 fully saturated rings. The van der Waals surface area contributed by atoms with Crippen LogP contribution in [0.15, 0.2) is 97.2 Å². The fraction of sp³-hybridized carbons (Fsp3) is 0.759. The zero-order valence-electron chi connectivity index (χ0n) is 64.5. The molecule has 0 saturated carbocycles. The van der Waals surface area contributed by atoms with Crippen LogP contribution in [0.1, 0.15) is 349 Å². The third-order valence-electron chi connectivity index (χ3n) is 17.0. The number of aliphatic hydroxyl groups excluding tert-OH is 1. The first kappa shape index (κ1) is 98.0. The van der Waals surface area contributed by atoms with Crippen molar-refractivity contribution < 1.29 is 80.2 Å². The molecule has 19 heteroatoms. The van der Waals surface area contributed by atoms with Crippen molar-refractivity contribution in [3.8, 4) is 0 Å². The van der Waals surface area contributed by atoms with E-state index >= 15 is 0 Å². The van der Waals surface area contributed by atoms with Crippen LogP contribution >= 0.6 is 15.6 Å². The number of carbonyl (C=O) groups is 4. The van der Waals surface area contributed by atoms with Crippen molar-refractivity contribution in [1.82, 2.24) is 0 Å². The van der Waals surface area contributed by atoms with Gasteiger partial charge in [-0.25, -0.2) is 9.13 Å². The molecule has 0 aromatic heterocycles. The molecule has 0 aliphatic heterocycles. The van der Waals surface area contributed by atoms with Gasteiger partial charge in [0, 0.05) is 25.7 Å². The van der Waals surface area contributed by atoms with Gasteiger partial charge in [0.15, 0.2) is 12.2 Å². The summed E-state index contributed by atoms with van der Waals surface area (Å²) in [4.78, 5) is 73.0. The van der Waals surface area contributed by atoms with E-state index in [1.165, 1.54) is 89.9 Å². The van der Waals surface area contributed by atoms with Gasteiger partial charge in [0.2, 0.25) is 0 Å². The molecular weight excluding hydrogens is 1330 g/mol. The third kappa shape index (κ3) is 74.3. The van der Waals surface area contributed by atoms with Crippen molar-refractivity contribution in [2.24, 2.45) is 0 Å². The smallest absolute Gasteiger partial charge is 0.462 e. The molecule has 0 radical (unpaired) electrons. The molecule has 0 aliphatic rings. The van der Waals surface area contributed by atoms with E-state index in [-0.39, 0.29) is 25.7 Å². The van der Waals surface area contributed by atoms with Crippen LogP contribution in [0.2, 0.25) is 0 Å². The van der Waals surface area contributed by atoms with Gasteiger partial charge in [0.05, 0.1) is 26.4 Å². The summed E-state index contributed by atoms with van der Waals surface area (Å²) in [5, 5.41) is 10.6. The SMILES string of the molecule is CC/C=C\C/C=C\C/C=C\C/C=C\CCCCCCCCC(=O)OCC(COP(=O)(O)OCC(O)COP(=O)(O)OCC(COC(=O)CCCCCCC/C=C\C/C=C\C/C=C\CC)OC(=O)CCCCCCCCCCCCCCCCC)OC(=O)CCCCCCC/C=C\CCCCCC. The number of hydrogen-bond acceptors (Lipinski definition) is 15. The lowest BCUT2D eigenvalue weighted by atomic mass is 10.0. The lowest BCUT2D eigenvalue weighted by molar-refractivity contribution is -0.161. The summed E-state index contributed by atoms with van der Waals surface area (Å²) in [5.74, 6) is -2.20. The summed E-state index contributed by atoms with van der Waals surface area (Å²) in [6.45, 7) is 4.64. The Morgan fingerprint density at radius 3 is 0.804 bits per heavy atom. The lowest BCUT2D eigenvalue weighted by Crippen LogP contribution is -2.30. The van der Waals surface area contributed by atoms with Crippen molar-refractivity contribution in [2.75, 3.05) is 39.6 Å². The van der Waals surface area contributed by atoms with Gasteiger partial charge in [-0.2, -0.15) is 0 Å². The van der Waals surface area contributed by atoms with Crippen LogP contribution in [0.25, 0.3) is 0 Å². The molecule has 0 heterocycles. The second-order valence-corrected chi connectivity index (χ2v) is 29.9. The van der Waals surface area contributed by atoms with E-state index in [1.807, 2.05) is 0 Å². The van der Waals surface area contributed by atoms with Gasteiger partial charge < -0.3 is 33.8 Å². The van der Waals surface area contributed by atoms with Gasteiger partial charge >= 0.3 is 39.5 Å². The van der Waals surface area contributed by atoms with Crippen molar-refractivity contribution in [2.45, 2.75) is 367 Å². The number of rotatable bonds is 76. The Morgan fingerprint density at radius 2 is 0.510 bits per heavy atom. The zero-order valence-corrected chi connectivity index (χ0v) is 66.3. The highest BCUT2D eigenvalue weighted by Gasteiger charge is 2.30. The van der Waals surface area contributed by atoms with E-state index in [4.69, 9.17) is 37.0 Å². The van der Waals surface area contributed by atoms with E-state index in [1.54, 1.807) is 0 Å². The van der Waals surface area contributed by atoms with Crippen LogP contribution in [-0.4, -0.2) is 96.7 Å². The molecule has 0 rings (SSSR count). The summed E-state index contributed by atoms with van der Waals surface area (Å²) in [7, 11) is -9.96. The first-order valence-electron chi connectivity index (χ1n) is 40.5. The van der Waals surface area contributed by atoms with Crippen molar-refractivity contribution in [3.05, 3.63) is 97.2 Å². The number of ether oxygens (including phenoxy) is 4. The van der Waals surface area contributed by atoms with Gasteiger partial charge in [-0.3, -0.25) is 37.3 Å². The van der Waals surface area contributed by atoms with Gasteiger partial charge in [-0.05, 0) is 122 Å². The van der Waals surface area contributed by atoms with Gasteiger partial charge in [-0.15, -0.1) is 0 Å². The quantitative estimate of drug-likeness (QED) is 0.0169. The maximum Gasteiger partial charge on any atom is 0.472 e. The third-order valence-corrected chi connectivity index (χ3v) is 18.9. The molecule has 0 amide bonds. The number of phosphoric acid groups is 2. The van der Waals surface area contributed by atoms with Crippen LogP contribution in [0, 0.1) is 0 Å². The summed E-state index contributed by atoms with van der Waals surface area (Å²) >= 11 is 0. The Labute approximate surface area is 620 Å². The second-order valence-electron chi connectivity index (χ2n) is 27.0. The number of phosphoric ester groups is 2. The van der Waals surface area contributed by atoms with Gasteiger partial charge in [-0.1, -0.05) is 298 Å². The Morgan fingerprint density at radius 1 is 0.284 bits per heavy atom. The monoisotopic (exact) mass is 1480 g/mol.